The molecule has 5 rings (SSSR count). The molecule has 0 amide bonds. The molecule has 0 spiro atoms. The number of aromatic nitrogens is 1. The van der Waals surface area contributed by atoms with Gasteiger partial charge in [-0.2, -0.15) is 0 Å². The fourth-order valence-electron chi connectivity index (χ4n) is 3.87. The van der Waals surface area contributed by atoms with Gasteiger partial charge in [0, 0.05) is 16.3 Å². The Hall–Kier alpha value is -3.26. The van der Waals surface area contributed by atoms with Crippen molar-refractivity contribution in [3.05, 3.63) is 97.1 Å². The maximum atomic E-state index is 2.40. The monoisotopic (exact) mass is 331 g/mol. The molecule has 5 aromatic rings. The summed E-state index contributed by atoms with van der Waals surface area (Å²) in [4.78, 5) is 0. The van der Waals surface area contributed by atoms with E-state index in [1.807, 2.05) is 0 Å². The highest BCUT2D eigenvalue weighted by molar-refractivity contribution is 6.33. The molecule has 1 aromatic heterocycles. The standard InChI is InChI=1S/C24H18BN/c25-18-14-15-21-20-11-5-7-13-23(20)26(24(21)16-18)22-12-6-4-10-19(22)17-8-2-1-3-9-17/h1-16H,25H2. The van der Waals surface area contributed by atoms with E-state index in [4.69, 9.17) is 0 Å². The lowest BCUT2D eigenvalue weighted by molar-refractivity contribution is 1.18. The first-order chi connectivity index (χ1) is 12.8. The molecule has 0 saturated heterocycles. The third kappa shape index (κ3) is 2.27. The van der Waals surface area contributed by atoms with Gasteiger partial charge in [0.15, 0.2) is 0 Å². The Morgan fingerprint density at radius 2 is 1.27 bits per heavy atom. The van der Waals surface area contributed by atoms with Crippen LogP contribution in [-0.4, -0.2) is 12.4 Å². The highest BCUT2D eigenvalue weighted by atomic mass is 15.0. The van der Waals surface area contributed by atoms with Gasteiger partial charge < -0.3 is 4.57 Å². The van der Waals surface area contributed by atoms with E-state index < -0.39 is 0 Å². The van der Waals surface area contributed by atoms with Gasteiger partial charge in [-0.3, -0.25) is 0 Å². The third-order valence-electron chi connectivity index (χ3n) is 5.06. The van der Waals surface area contributed by atoms with Crippen molar-refractivity contribution in [1.29, 1.82) is 0 Å². The summed E-state index contributed by atoms with van der Waals surface area (Å²) in [6, 6.07) is 34.7. The van der Waals surface area contributed by atoms with Gasteiger partial charge in [-0.25, -0.2) is 0 Å². The molecule has 0 aliphatic rings. The molecule has 0 bridgehead atoms. The van der Waals surface area contributed by atoms with Crippen LogP contribution in [0, 0.1) is 0 Å². The predicted molar refractivity (Wildman–Crippen MR) is 114 cm³/mol. The molecule has 26 heavy (non-hydrogen) atoms. The Labute approximate surface area is 153 Å². The molecule has 122 valence electrons. The van der Waals surface area contributed by atoms with Gasteiger partial charge in [0.05, 0.1) is 16.7 Å². The first-order valence-corrected chi connectivity index (χ1v) is 8.97. The first-order valence-electron chi connectivity index (χ1n) is 8.97. The molecular formula is C24H18BN. The summed E-state index contributed by atoms with van der Waals surface area (Å²) in [6.45, 7) is 0. The van der Waals surface area contributed by atoms with E-state index in [-0.39, 0.29) is 0 Å². The van der Waals surface area contributed by atoms with Crippen LogP contribution in [-0.2, 0) is 0 Å². The average Bonchev–Trinajstić information content (AvgIpc) is 3.02. The van der Waals surface area contributed by atoms with Crippen molar-refractivity contribution < 1.29 is 0 Å². The van der Waals surface area contributed by atoms with Crippen molar-refractivity contribution in [2.45, 2.75) is 0 Å². The summed E-state index contributed by atoms with van der Waals surface area (Å²) < 4.78 is 2.40. The summed E-state index contributed by atoms with van der Waals surface area (Å²) in [6.07, 6.45) is 0. The van der Waals surface area contributed by atoms with E-state index in [2.05, 4.69) is 109 Å². The summed E-state index contributed by atoms with van der Waals surface area (Å²) >= 11 is 0. The Morgan fingerprint density at radius 1 is 0.577 bits per heavy atom. The van der Waals surface area contributed by atoms with Gasteiger partial charge in [-0.1, -0.05) is 84.3 Å². The van der Waals surface area contributed by atoms with Crippen molar-refractivity contribution in [2.75, 3.05) is 0 Å². The van der Waals surface area contributed by atoms with E-state index in [0.29, 0.717) is 0 Å². The Kier molecular flexibility index (Phi) is 3.43. The smallest absolute Gasteiger partial charge is 0.139 e. The number of para-hydroxylation sites is 2. The molecule has 0 aliphatic heterocycles. The van der Waals surface area contributed by atoms with Crippen LogP contribution in [0.25, 0.3) is 38.6 Å². The lowest BCUT2D eigenvalue weighted by atomic mass is 9.95. The van der Waals surface area contributed by atoms with Crippen molar-refractivity contribution in [1.82, 2.24) is 4.57 Å². The largest absolute Gasteiger partial charge is 0.309 e. The molecule has 1 heterocycles. The van der Waals surface area contributed by atoms with Gasteiger partial charge in [0.2, 0.25) is 0 Å². The molecule has 0 aliphatic carbocycles. The van der Waals surface area contributed by atoms with E-state index in [9.17, 15) is 0 Å². The van der Waals surface area contributed by atoms with Crippen LogP contribution in [0.3, 0.4) is 0 Å². The second-order valence-electron chi connectivity index (χ2n) is 6.76. The quantitative estimate of drug-likeness (QED) is 0.413. The number of hydrogen-bond donors (Lipinski definition) is 0. The maximum absolute atomic E-state index is 2.40. The van der Waals surface area contributed by atoms with E-state index in [1.165, 1.54) is 44.1 Å². The number of hydrogen-bond acceptors (Lipinski definition) is 0. The average molecular weight is 331 g/mol. The fourth-order valence-corrected chi connectivity index (χ4v) is 3.87. The molecule has 0 unspecified atom stereocenters. The summed E-state index contributed by atoms with van der Waals surface area (Å²) in [5.74, 6) is 0. The minimum absolute atomic E-state index is 1.22. The Bertz CT molecular complexity index is 1240. The zero-order valence-corrected chi connectivity index (χ0v) is 14.7. The van der Waals surface area contributed by atoms with Crippen LogP contribution >= 0.6 is 0 Å². The highest BCUT2D eigenvalue weighted by Gasteiger charge is 2.14. The second kappa shape index (κ2) is 5.92. The molecule has 2 heteroatoms. The zero-order chi connectivity index (χ0) is 17.5. The zero-order valence-electron chi connectivity index (χ0n) is 14.7. The lowest BCUT2D eigenvalue weighted by Crippen LogP contribution is -2.03. The van der Waals surface area contributed by atoms with Crippen LogP contribution in [0.4, 0.5) is 0 Å². The number of rotatable bonds is 2. The van der Waals surface area contributed by atoms with Gasteiger partial charge >= 0.3 is 0 Å². The van der Waals surface area contributed by atoms with Crippen molar-refractivity contribution in [2.24, 2.45) is 0 Å². The summed E-state index contributed by atoms with van der Waals surface area (Å²) in [5, 5.41) is 2.60. The number of nitrogens with zero attached hydrogens (tertiary/aromatic N) is 1. The minimum Gasteiger partial charge on any atom is -0.309 e. The molecule has 0 saturated carbocycles. The van der Waals surface area contributed by atoms with Crippen LogP contribution in [0.5, 0.6) is 0 Å². The molecule has 0 fully saturated rings. The SMILES string of the molecule is Bc1ccc2c3ccccc3n(-c3ccccc3-c3ccccc3)c2c1. The molecule has 0 radical (unpaired) electrons. The van der Waals surface area contributed by atoms with Gasteiger partial charge in [0.1, 0.15) is 7.85 Å². The van der Waals surface area contributed by atoms with E-state index >= 15 is 0 Å². The van der Waals surface area contributed by atoms with Gasteiger partial charge in [-0.15, -0.1) is 0 Å². The normalized spacial score (nSPS) is 11.2. The number of benzene rings is 4. The predicted octanol–water partition coefficient (Wildman–Crippen LogP) is 4.71. The highest BCUT2D eigenvalue weighted by Crippen LogP contribution is 2.35. The summed E-state index contributed by atoms with van der Waals surface area (Å²) in [5.41, 5.74) is 7.49. The van der Waals surface area contributed by atoms with Crippen LogP contribution in [0.15, 0.2) is 97.1 Å². The molecule has 0 N–H and O–H groups in total. The van der Waals surface area contributed by atoms with Crippen LogP contribution in [0.1, 0.15) is 0 Å². The van der Waals surface area contributed by atoms with Gasteiger partial charge in [0.25, 0.3) is 0 Å². The minimum atomic E-state index is 1.22. The molecular weight excluding hydrogens is 313 g/mol. The van der Waals surface area contributed by atoms with Crippen LogP contribution < -0.4 is 5.46 Å². The molecule has 0 atom stereocenters. The lowest BCUT2D eigenvalue weighted by Gasteiger charge is -2.14. The van der Waals surface area contributed by atoms with Crippen molar-refractivity contribution in [3.63, 3.8) is 0 Å². The second-order valence-corrected chi connectivity index (χ2v) is 6.76. The van der Waals surface area contributed by atoms with Crippen molar-refractivity contribution >= 4 is 35.1 Å². The van der Waals surface area contributed by atoms with E-state index in [0.717, 1.165) is 0 Å². The van der Waals surface area contributed by atoms with E-state index in [1.54, 1.807) is 0 Å². The molecule has 4 aromatic carbocycles. The number of fused-ring (bicyclic) bond motifs is 3. The Morgan fingerprint density at radius 3 is 2.15 bits per heavy atom. The third-order valence-corrected chi connectivity index (χ3v) is 5.06. The maximum Gasteiger partial charge on any atom is 0.139 e. The van der Waals surface area contributed by atoms with Crippen molar-refractivity contribution in [3.8, 4) is 16.8 Å². The van der Waals surface area contributed by atoms with Crippen LogP contribution in [0.2, 0.25) is 0 Å². The van der Waals surface area contributed by atoms with Gasteiger partial charge in [-0.05, 0) is 23.8 Å². The summed E-state index contributed by atoms with van der Waals surface area (Å²) in [7, 11) is 2.16. The molecule has 1 nitrogen and oxygen atoms in total. The fraction of sp³-hybridized carbons (Fsp3) is 0. The topological polar surface area (TPSA) is 4.93 Å². The Balaban J connectivity index is 1.93. The first kappa shape index (κ1) is 15.0.